The molecule has 0 aromatic heterocycles. The maximum atomic E-state index is 13.6. The van der Waals surface area contributed by atoms with Crippen molar-refractivity contribution in [2.75, 3.05) is 13.1 Å². The summed E-state index contributed by atoms with van der Waals surface area (Å²) in [7, 11) is 0. The van der Waals surface area contributed by atoms with Gasteiger partial charge in [0.15, 0.2) is 5.96 Å². The lowest BCUT2D eigenvalue weighted by Crippen LogP contribution is -2.38. The van der Waals surface area contributed by atoms with Crippen LogP contribution >= 0.6 is 24.0 Å². The van der Waals surface area contributed by atoms with E-state index in [9.17, 15) is 8.78 Å². The molecule has 24 heavy (non-hydrogen) atoms. The number of hydrogen-bond acceptors (Lipinski definition) is 1. The number of halogens is 3. The molecule has 0 atom stereocenters. The van der Waals surface area contributed by atoms with Gasteiger partial charge < -0.3 is 10.6 Å². The van der Waals surface area contributed by atoms with Gasteiger partial charge in [0.2, 0.25) is 0 Å². The highest BCUT2D eigenvalue weighted by atomic mass is 127. The van der Waals surface area contributed by atoms with Crippen LogP contribution in [0, 0.1) is 11.6 Å². The lowest BCUT2D eigenvalue weighted by molar-refractivity contribution is 0.606. The maximum absolute atomic E-state index is 13.6. The normalized spacial score (nSPS) is 10.9. The summed E-state index contributed by atoms with van der Waals surface area (Å²) in [6.07, 6.45) is 0.567. The van der Waals surface area contributed by atoms with Gasteiger partial charge >= 0.3 is 0 Å². The molecule has 0 aliphatic rings. The van der Waals surface area contributed by atoms with Crippen molar-refractivity contribution >= 4 is 29.9 Å². The highest BCUT2D eigenvalue weighted by molar-refractivity contribution is 14.0. The van der Waals surface area contributed by atoms with Gasteiger partial charge in [-0.1, -0.05) is 30.3 Å². The summed E-state index contributed by atoms with van der Waals surface area (Å²) in [4.78, 5) is 4.41. The molecule has 0 aliphatic heterocycles. The van der Waals surface area contributed by atoms with E-state index in [-0.39, 0.29) is 35.6 Å². The molecule has 0 fully saturated rings. The van der Waals surface area contributed by atoms with Gasteiger partial charge in [-0.3, -0.25) is 0 Å². The van der Waals surface area contributed by atoms with E-state index in [2.05, 4.69) is 15.6 Å². The number of benzene rings is 2. The molecule has 0 radical (unpaired) electrons. The third-order valence-electron chi connectivity index (χ3n) is 3.30. The molecule has 2 N–H and O–H groups in total. The van der Waals surface area contributed by atoms with Gasteiger partial charge in [-0.2, -0.15) is 0 Å². The fourth-order valence-corrected chi connectivity index (χ4v) is 2.16. The summed E-state index contributed by atoms with van der Waals surface area (Å²) in [5.74, 6) is 0.166. The van der Waals surface area contributed by atoms with E-state index in [0.717, 1.165) is 5.56 Å². The first kappa shape index (κ1) is 20.3. The molecule has 130 valence electrons. The Morgan fingerprint density at radius 1 is 1.04 bits per heavy atom. The first-order chi connectivity index (χ1) is 11.2. The summed E-state index contributed by atoms with van der Waals surface area (Å²) >= 11 is 0. The summed E-state index contributed by atoms with van der Waals surface area (Å²) in [6, 6.07) is 13.1. The van der Waals surface area contributed by atoms with Crippen LogP contribution in [0.2, 0.25) is 0 Å². The Morgan fingerprint density at radius 2 is 1.83 bits per heavy atom. The zero-order valence-electron chi connectivity index (χ0n) is 13.6. The third kappa shape index (κ3) is 6.82. The molecule has 6 heteroatoms. The van der Waals surface area contributed by atoms with E-state index in [1.165, 1.54) is 18.2 Å². The lowest BCUT2D eigenvalue weighted by Gasteiger charge is -2.11. The number of aliphatic imine (C=N–C) groups is 1. The molecule has 0 spiro atoms. The van der Waals surface area contributed by atoms with Crippen LogP contribution in [-0.2, 0) is 13.0 Å². The molecular formula is C18H22F2IN3. The van der Waals surface area contributed by atoms with Crippen molar-refractivity contribution in [2.45, 2.75) is 19.9 Å². The minimum atomic E-state index is -0.268. The number of hydrogen-bond donors (Lipinski definition) is 2. The molecule has 2 aromatic carbocycles. The predicted octanol–water partition coefficient (Wildman–Crippen LogP) is 3.88. The number of nitrogens with zero attached hydrogens (tertiary/aromatic N) is 1. The van der Waals surface area contributed by atoms with E-state index < -0.39 is 0 Å². The topological polar surface area (TPSA) is 36.4 Å². The maximum Gasteiger partial charge on any atom is 0.191 e. The zero-order valence-corrected chi connectivity index (χ0v) is 15.9. The molecule has 0 saturated carbocycles. The first-order valence-electron chi connectivity index (χ1n) is 7.69. The third-order valence-corrected chi connectivity index (χ3v) is 3.30. The molecule has 0 bridgehead atoms. The Bertz CT molecular complexity index is 662. The fourth-order valence-electron chi connectivity index (χ4n) is 2.16. The molecular weight excluding hydrogens is 423 g/mol. The lowest BCUT2D eigenvalue weighted by atomic mass is 10.1. The number of guanidine groups is 1. The van der Waals surface area contributed by atoms with Crippen LogP contribution in [0.3, 0.4) is 0 Å². The van der Waals surface area contributed by atoms with E-state index >= 15 is 0 Å². The number of rotatable bonds is 6. The highest BCUT2D eigenvalue weighted by Gasteiger charge is 2.02. The van der Waals surface area contributed by atoms with E-state index in [1.54, 1.807) is 18.2 Å². The van der Waals surface area contributed by atoms with Gasteiger partial charge in [0, 0.05) is 13.1 Å². The molecule has 2 aromatic rings. The van der Waals surface area contributed by atoms with Crippen molar-refractivity contribution < 1.29 is 8.78 Å². The van der Waals surface area contributed by atoms with Crippen molar-refractivity contribution in [1.82, 2.24) is 10.6 Å². The fraction of sp³-hybridized carbons (Fsp3) is 0.278. The van der Waals surface area contributed by atoms with Gasteiger partial charge in [-0.15, -0.1) is 24.0 Å². The smallest absolute Gasteiger partial charge is 0.191 e. The minimum Gasteiger partial charge on any atom is -0.357 e. The SMILES string of the molecule is CCNC(=NCc1cccc(F)c1)NCCc1ccccc1F.I. The average molecular weight is 445 g/mol. The Kier molecular flexibility index (Phi) is 9.29. The Balaban J connectivity index is 0.00000288. The quantitative estimate of drug-likeness (QED) is 0.403. The van der Waals surface area contributed by atoms with E-state index in [4.69, 9.17) is 0 Å². The van der Waals surface area contributed by atoms with Crippen molar-refractivity contribution in [3.05, 3.63) is 71.3 Å². The Morgan fingerprint density at radius 3 is 2.54 bits per heavy atom. The molecule has 2 rings (SSSR count). The molecule has 0 aliphatic carbocycles. The summed E-state index contributed by atoms with van der Waals surface area (Å²) in [5, 5.41) is 6.28. The van der Waals surface area contributed by atoms with Gasteiger partial charge in [0.25, 0.3) is 0 Å². The van der Waals surface area contributed by atoms with E-state index in [1.807, 2.05) is 19.1 Å². The largest absolute Gasteiger partial charge is 0.357 e. The van der Waals surface area contributed by atoms with Crippen LogP contribution in [0.25, 0.3) is 0 Å². The van der Waals surface area contributed by atoms with Crippen molar-refractivity contribution in [2.24, 2.45) is 4.99 Å². The molecule has 0 saturated heterocycles. The van der Waals surface area contributed by atoms with Crippen LogP contribution in [0.1, 0.15) is 18.1 Å². The number of nitrogens with one attached hydrogen (secondary N) is 2. The Labute approximate surface area is 158 Å². The van der Waals surface area contributed by atoms with Crippen LogP contribution in [0.4, 0.5) is 8.78 Å². The molecule has 0 unspecified atom stereocenters. The van der Waals surface area contributed by atoms with Crippen molar-refractivity contribution in [1.29, 1.82) is 0 Å². The van der Waals surface area contributed by atoms with Gasteiger partial charge in [-0.05, 0) is 42.7 Å². The monoisotopic (exact) mass is 445 g/mol. The molecule has 3 nitrogen and oxygen atoms in total. The summed E-state index contributed by atoms with van der Waals surface area (Å²) in [5.41, 5.74) is 1.47. The average Bonchev–Trinajstić information content (AvgIpc) is 2.54. The second-order valence-electron chi connectivity index (χ2n) is 5.09. The van der Waals surface area contributed by atoms with Gasteiger partial charge in [0.1, 0.15) is 11.6 Å². The van der Waals surface area contributed by atoms with Crippen LogP contribution in [-0.4, -0.2) is 19.0 Å². The standard InChI is InChI=1S/C18H21F2N3.HI/c1-2-21-18(23-13-14-6-5-8-16(19)12-14)22-11-10-15-7-3-4-9-17(15)20;/h3-9,12H,2,10-11,13H2,1H3,(H2,21,22,23);1H. The van der Waals surface area contributed by atoms with Gasteiger partial charge in [0.05, 0.1) is 6.54 Å². The van der Waals surface area contributed by atoms with E-state index in [0.29, 0.717) is 37.6 Å². The highest BCUT2D eigenvalue weighted by Crippen LogP contribution is 2.06. The van der Waals surface area contributed by atoms with Gasteiger partial charge in [-0.25, -0.2) is 13.8 Å². The van der Waals surface area contributed by atoms with Crippen LogP contribution in [0.15, 0.2) is 53.5 Å². The Hall–Kier alpha value is -1.70. The van der Waals surface area contributed by atoms with Crippen molar-refractivity contribution in [3.63, 3.8) is 0 Å². The zero-order chi connectivity index (χ0) is 16.5. The molecule has 0 amide bonds. The van der Waals surface area contributed by atoms with Crippen LogP contribution < -0.4 is 10.6 Å². The predicted molar refractivity (Wildman–Crippen MR) is 105 cm³/mol. The molecule has 0 heterocycles. The minimum absolute atomic E-state index is 0. The van der Waals surface area contributed by atoms with Crippen molar-refractivity contribution in [3.8, 4) is 0 Å². The first-order valence-corrected chi connectivity index (χ1v) is 7.69. The second-order valence-corrected chi connectivity index (χ2v) is 5.09. The summed E-state index contributed by atoms with van der Waals surface area (Å²) < 4.78 is 26.7. The second kappa shape index (κ2) is 11.0. The summed E-state index contributed by atoms with van der Waals surface area (Å²) in [6.45, 7) is 3.63. The van der Waals surface area contributed by atoms with Crippen LogP contribution in [0.5, 0.6) is 0 Å².